The van der Waals surface area contributed by atoms with E-state index in [0.717, 1.165) is 3.57 Å². The van der Waals surface area contributed by atoms with Gasteiger partial charge in [0.25, 0.3) is 0 Å². The highest BCUT2D eigenvalue weighted by molar-refractivity contribution is 14.1. The van der Waals surface area contributed by atoms with Crippen LogP contribution in [-0.2, 0) is 0 Å². The number of nitrogens with two attached hydrogens (primary N) is 1. The summed E-state index contributed by atoms with van der Waals surface area (Å²) in [4.78, 5) is 3.85. The Labute approximate surface area is 108 Å². The van der Waals surface area contributed by atoms with Crippen molar-refractivity contribution in [2.45, 2.75) is 0 Å². The maximum Gasteiger partial charge on any atom is 0.123 e. The molecule has 1 aromatic heterocycles. The molecule has 0 unspecified atom stereocenters. The van der Waals surface area contributed by atoms with Gasteiger partial charge in [0.05, 0.1) is 0 Å². The molecule has 2 nitrogen and oxygen atoms in total. The van der Waals surface area contributed by atoms with Crippen molar-refractivity contribution in [3.05, 3.63) is 21.9 Å². The first-order valence-electron chi connectivity index (χ1n) is 2.16. The first kappa shape index (κ1) is 13.7. The highest BCUT2D eigenvalue weighted by atomic mass is 127. The van der Waals surface area contributed by atoms with Crippen LogP contribution in [0.2, 0.25) is 0 Å². The van der Waals surface area contributed by atoms with Gasteiger partial charge in [0, 0.05) is 9.77 Å². The molecule has 0 amide bonds. The van der Waals surface area contributed by atoms with Crippen LogP contribution in [0.15, 0.2) is 18.3 Å². The van der Waals surface area contributed by atoms with Crippen molar-refractivity contribution in [2.24, 2.45) is 0 Å². The molecule has 0 atom stereocenters. The van der Waals surface area contributed by atoms with Crippen LogP contribution < -0.4 is 5.73 Å². The zero-order valence-electron chi connectivity index (χ0n) is 4.95. The summed E-state index contributed by atoms with van der Waals surface area (Å²) in [7, 11) is 0. The molecule has 10 heavy (non-hydrogen) atoms. The third kappa shape index (κ3) is 4.88. The Hall–Kier alpha value is 1.14. The minimum Gasteiger partial charge on any atom is -0.384 e. The number of anilines is 1. The predicted molar refractivity (Wildman–Crippen MR) is 72.2 cm³/mol. The van der Waals surface area contributed by atoms with Gasteiger partial charge in [-0.3, -0.25) is 0 Å². The van der Waals surface area contributed by atoms with Crippen LogP contribution in [0, 0.1) is 3.57 Å². The lowest BCUT2D eigenvalue weighted by Crippen LogP contribution is -1.87. The molecule has 1 rings (SSSR count). The number of rotatable bonds is 0. The Bertz CT molecular complexity index is 154. The van der Waals surface area contributed by atoms with Crippen LogP contribution >= 0.6 is 70.5 Å². The van der Waals surface area contributed by atoms with E-state index >= 15 is 0 Å². The van der Waals surface area contributed by atoms with Gasteiger partial charge < -0.3 is 5.73 Å². The molecule has 1 heterocycles. The van der Waals surface area contributed by atoms with Crippen molar-refractivity contribution in [3.63, 3.8) is 0 Å². The average molecular weight is 476 g/mol. The molecule has 0 bridgehead atoms. The van der Waals surface area contributed by atoms with Gasteiger partial charge in [-0.1, -0.05) is 0 Å². The first-order chi connectivity index (χ1) is 3.79. The molecule has 0 saturated heterocycles. The van der Waals surface area contributed by atoms with Crippen molar-refractivity contribution in [1.29, 1.82) is 0 Å². The summed E-state index contributed by atoms with van der Waals surface area (Å²) in [5, 5.41) is 0. The molecule has 0 aliphatic rings. The second-order valence-corrected chi connectivity index (χ2v) is 2.65. The molecule has 2 N–H and O–H groups in total. The molecule has 0 aliphatic heterocycles. The molecule has 0 spiro atoms. The fourth-order valence-corrected chi connectivity index (χ4v) is 0.706. The van der Waals surface area contributed by atoms with E-state index in [0.29, 0.717) is 5.82 Å². The maximum atomic E-state index is 5.31. The second kappa shape index (κ2) is 6.83. The SMILES string of the molecule is I.I.Nc1ccc(I)cn1. The Morgan fingerprint density at radius 2 is 1.90 bits per heavy atom. The fourth-order valence-electron chi connectivity index (χ4n) is 0.387. The molecule has 0 aliphatic carbocycles. The molecular formula is C5H7I3N2. The van der Waals surface area contributed by atoms with Crippen molar-refractivity contribution < 1.29 is 0 Å². The van der Waals surface area contributed by atoms with Crippen molar-refractivity contribution in [2.75, 3.05) is 5.73 Å². The van der Waals surface area contributed by atoms with E-state index < -0.39 is 0 Å². The number of nitrogen functional groups attached to an aromatic ring is 1. The fraction of sp³-hybridized carbons (Fsp3) is 0. The maximum absolute atomic E-state index is 5.31. The van der Waals surface area contributed by atoms with E-state index in [1.54, 1.807) is 12.3 Å². The highest BCUT2D eigenvalue weighted by Crippen LogP contribution is 2.02. The summed E-state index contributed by atoms with van der Waals surface area (Å²) in [5.74, 6) is 0.574. The van der Waals surface area contributed by atoms with Gasteiger partial charge >= 0.3 is 0 Å². The molecule has 0 aromatic carbocycles. The van der Waals surface area contributed by atoms with E-state index in [4.69, 9.17) is 5.73 Å². The van der Waals surface area contributed by atoms with Crippen LogP contribution in [0.5, 0.6) is 0 Å². The van der Waals surface area contributed by atoms with Crippen LogP contribution in [0.1, 0.15) is 0 Å². The monoisotopic (exact) mass is 476 g/mol. The summed E-state index contributed by atoms with van der Waals surface area (Å²) in [6.07, 6.45) is 1.73. The molecular weight excluding hydrogens is 469 g/mol. The Kier molecular flexibility index (Phi) is 9.36. The average Bonchev–Trinajstić information content (AvgIpc) is 1.77. The summed E-state index contributed by atoms with van der Waals surface area (Å²) in [5.41, 5.74) is 5.31. The third-order valence-corrected chi connectivity index (χ3v) is 1.39. The van der Waals surface area contributed by atoms with Gasteiger partial charge in [0.15, 0.2) is 0 Å². The van der Waals surface area contributed by atoms with E-state index in [1.807, 2.05) is 6.07 Å². The largest absolute Gasteiger partial charge is 0.384 e. The molecule has 0 saturated carbocycles. The van der Waals surface area contributed by atoms with Gasteiger partial charge in [-0.05, 0) is 34.7 Å². The summed E-state index contributed by atoms with van der Waals surface area (Å²) >= 11 is 2.18. The Morgan fingerprint density at radius 1 is 1.30 bits per heavy atom. The minimum atomic E-state index is 0. The lowest BCUT2D eigenvalue weighted by Gasteiger charge is -1.88. The third-order valence-electron chi connectivity index (χ3n) is 0.750. The second-order valence-electron chi connectivity index (χ2n) is 1.40. The van der Waals surface area contributed by atoms with Gasteiger partial charge in [-0.15, -0.1) is 48.0 Å². The number of halogens is 3. The van der Waals surface area contributed by atoms with Gasteiger partial charge in [0.1, 0.15) is 5.82 Å². The molecule has 0 radical (unpaired) electrons. The summed E-state index contributed by atoms with van der Waals surface area (Å²) < 4.78 is 1.11. The number of aromatic nitrogens is 1. The number of pyridine rings is 1. The van der Waals surface area contributed by atoms with Crippen LogP contribution in [0.3, 0.4) is 0 Å². The number of hydrogen-bond donors (Lipinski definition) is 1. The zero-order chi connectivity index (χ0) is 5.98. The van der Waals surface area contributed by atoms with E-state index in [9.17, 15) is 0 Å². The number of nitrogens with zero attached hydrogens (tertiary/aromatic N) is 1. The van der Waals surface area contributed by atoms with Crippen molar-refractivity contribution in [1.82, 2.24) is 4.98 Å². The van der Waals surface area contributed by atoms with Gasteiger partial charge in [-0.25, -0.2) is 4.98 Å². The Morgan fingerprint density at radius 3 is 2.20 bits per heavy atom. The lowest BCUT2D eigenvalue weighted by molar-refractivity contribution is 1.32. The Balaban J connectivity index is 0. The standard InChI is InChI=1S/C5H5IN2.2HI/c6-4-1-2-5(7)8-3-4;;/h1-3H,(H2,7,8);2*1H. The van der Waals surface area contributed by atoms with Crippen LogP contribution in [0.25, 0.3) is 0 Å². The van der Waals surface area contributed by atoms with Gasteiger partial charge in [0.2, 0.25) is 0 Å². The highest BCUT2D eigenvalue weighted by Gasteiger charge is 1.83. The molecule has 58 valence electrons. The van der Waals surface area contributed by atoms with E-state index in [-0.39, 0.29) is 48.0 Å². The van der Waals surface area contributed by atoms with Crippen molar-refractivity contribution >= 4 is 76.4 Å². The first-order valence-corrected chi connectivity index (χ1v) is 3.24. The lowest BCUT2D eigenvalue weighted by atomic mass is 10.5. The molecule has 5 heteroatoms. The predicted octanol–water partition coefficient (Wildman–Crippen LogP) is 2.50. The van der Waals surface area contributed by atoms with E-state index in [2.05, 4.69) is 27.6 Å². The van der Waals surface area contributed by atoms with Gasteiger partial charge in [-0.2, -0.15) is 0 Å². The molecule has 1 aromatic rings. The zero-order valence-corrected chi connectivity index (χ0v) is 11.8. The molecule has 0 fully saturated rings. The summed E-state index contributed by atoms with van der Waals surface area (Å²) in [6.45, 7) is 0. The smallest absolute Gasteiger partial charge is 0.123 e. The minimum absolute atomic E-state index is 0. The summed E-state index contributed by atoms with van der Waals surface area (Å²) in [6, 6.07) is 3.70. The normalized spacial score (nSPS) is 7.30. The van der Waals surface area contributed by atoms with Crippen LogP contribution in [-0.4, -0.2) is 4.98 Å². The van der Waals surface area contributed by atoms with Crippen LogP contribution in [0.4, 0.5) is 5.82 Å². The topological polar surface area (TPSA) is 38.9 Å². The number of hydrogen-bond acceptors (Lipinski definition) is 2. The quantitative estimate of drug-likeness (QED) is 0.586. The van der Waals surface area contributed by atoms with Crippen molar-refractivity contribution in [3.8, 4) is 0 Å². The van der Waals surface area contributed by atoms with E-state index in [1.165, 1.54) is 0 Å².